The maximum absolute atomic E-state index is 14.0. The van der Waals surface area contributed by atoms with Gasteiger partial charge in [-0.3, -0.25) is 24.1 Å². The molecular formula is C47H56F3N7O7S. The first kappa shape index (κ1) is 48.8. The van der Waals surface area contributed by atoms with Crippen LogP contribution in [-0.2, 0) is 41.2 Å². The van der Waals surface area contributed by atoms with Crippen molar-refractivity contribution >= 4 is 52.3 Å². The normalized spacial score (nSPS) is 20.3. The number of carbonyl (C=O) groups is 4. The Morgan fingerprint density at radius 1 is 0.985 bits per heavy atom. The van der Waals surface area contributed by atoms with Gasteiger partial charge in [-0.2, -0.15) is 18.4 Å². The molecule has 348 valence electrons. The van der Waals surface area contributed by atoms with E-state index >= 15 is 0 Å². The van der Waals surface area contributed by atoms with Crippen LogP contribution in [0, 0.1) is 16.7 Å². The highest BCUT2D eigenvalue weighted by atomic mass is 32.1. The molecule has 3 aromatic rings. The number of likely N-dealkylation sites (N-methyl/N-ethyl adjacent to an activating group) is 1. The molecule has 4 amide bonds. The number of carbonyl (C=O) groups excluding carboxylic acids is 4. The number of alkyl halides is 3. The number of likely N-dealkylation sites (tertiary alicyclic amines) is 1. The molecule has 3 N–H and O–H groups in total. The monoisotopic (exact) mass is 919 g/mol. The number of hydrogen-bond acceptors (Lipinski definition) is 10. The second-order valence-corrected chi connectivity index (χ2v) is 18.3. The first-order valence-corrected chi connectivity index (χ1v) is 22.0. The van der Waals surface area contributed by atoms with Crippen LogP contribution >= 0.6 is 12.2 Å². The number of nitrogens with zero attached hydrogens (tertiary/aromatic N) is 4. The SMILES string of the molecule is CN[C@@H](C)C(=O)N[C@H](C(=O)N1CCCC1C(=O)N[C@H]1c2ccccc2C[C@H]1OCCOCCOc1ccc(N2C(=S)N(c3ccc(C#N)c(C(F)(F)F)c3)C(=O)C2(C)C)cc1)C(C)(C)C. The fourth-order valence-corrected chi connectivity index (χ4v) is 8.90. The number of nitriles is 1. The topological polar surface area (TPSA) is 166 Å². The Morgan fingerprint density at radius 2 is 1.66 bits per heavy atom. The molecule has 1 aliphatic carbocycles. The van der Waals surface area contributed by atoms with Gasteiger partial charge in [-0.25, -0.2) is 0 Å². The van der Waals surface area contributed by atoms with E-state index in [0.29, 0.717) is 37.2 Å². The molecule has 2 aliphatic heterocycles. The van der Waals surface area contributed by atoms with Gasteiger partial charge in [0, 0.05) is 18.7 Å². The van der Waals surface area contributed by atoms with E-state index in [1.54, 1.807) is 68.0 Å². The molecule has 0 spiro atoms. The van der Waals surface area contributed by atoms with E-state index in [-0.39, 0.29) is 61.1 Å². The Balaban J connectivity index is 0.996. The highest BCUT2D eigenvalue weighted by molar-refractivity contribution is 7.81. The summed E-state index contributed by atoms with van der Waals surface area (Å²) in [6.07, 6.45) is -3.45. The van der Waals surface area contributed by atoms with Gasteiger partial charge in [-0.05, 0) is 112 Å². The zero-order valence-corrected chi connectivity index (χ0v) is 38.4. The molecule has 14 nitrogen and oxygen atoms in total. The zero-order chi connectivity index (χ0) is 47.4. The summed E-state index contributed by atoms with van der Waals surface area (Å²) >= 11 is 5.64. The number of anilines is 2. The van der Waals surface area contributed by atoms with Crippen molar-refractivity contribution in [2.75, 3.05) is 49.8 Å². The van der Waals surface area contributed by atoms with Crippen LogP contribution in [0.25, 0.3) is 0 Å². The van der Waals surface area contributed by atoms with E-state index in [1.807, 2.05) is 45.0 Å². The summed E-state index contributed by atoms with van der Waals surface area (Å²) < 4.78 is 59.2. The standard InChI is InChI=1S/C47H56F3N7O7S/c1-28(52-7)40(58)54-39(45(2,3)4)42(60)55-20-10-13-36(55)41(59)53-38-34-12-9-8-11-29(34)25-37(38)64-24-22-62-21-23-63-33-18-16-31(17-19-33)57-44(65)56(43(61)46(57,5)6)32-15-14-30(27-51)35(26-32)47(48,49)50/h8-9,11-12,14-19,26,28,36-39,52H,10,13,20-25H2,1-7H3,(H,53,59)(H,54,58)/t28-,36?,37+,38-,39+/m0/s1. The smallest absolute Gasteiger partial charge is 0.417 e. The molecule has 2 heterocycles. The molecule has 6 rings (SSSR count). The third-order valence-electron chi connectivity index (χ3n) is 12.1. The lowest BCUT2D eigenvalue weighted by molar-refractivity contribution is -0.144. The molecule has 0 aromatic heterocycles. The van der Waals surface area contributed by atoms with Crippen molar-refractivity contribution in [2.45, 2.75) is 103 Å². The summed E-state index contributed by atoms with van der Waals surface area (Å²) in [5.74, 6) is -0.882. The van der Waals surface area contributed by atoms with E-state index in [4.69, 9.17) is 26.4 Å². The fourth-order valence-electron chi connectivity index (χ4n) is 8.38. The largest absolute Gasteiger partial charge is 0.491 e. The zero-order valence-electron chi connectivity index (χ0n) is 37.6. The van der Waals surface area contributed by atoms with Crippen molar-refractivity contribution in [3.05, 3.63) is 89.0 Å². The molecule has 3 aromatic carbocycles. The molecule has 1 unspecified atom stereocenters. The van der Waals surface area contributed by atoms with Crippen LogP contribution in [0.5, 0.6) is 5.75 Å². The summed E-state index contributed by atoms with van der Waals surface area (Å²) in [7, 11) is 1.67. The average Bonchev–Trinajstić information content (AvgIpc) is 3.94. The molecule has 18 heteroatoms. The number of rotatable bonds is 16. The summed E-state index contributed by atoms with van der Waals surface area (Å²) in [6, 6.07) is 16.7. The molecule has 0 saturated carbocycles. The van der Waals surface area contributed by atoms with Gasteiger partial charge >= 0.3 is 6.18 Å². The number of amides is 4. The minimum absolute atomic E-state index is 0.0162. The lowest BCUT2D eigenvalue weighted by atomic mass is 9.85. The van der Waals surface area contributed by atoms with Gasteiger partial charge in [0.25, 0.3) is 5.91 Å². The Bertz CT molecular complexity index is 2310. The van der Waals surface area contributed by atoms with Crippen LogP contribution in [0.15, 0.2) is 66.7 Å². The second-order valence-electron chi connectivity index (χ2n) is 17.9. The van der Waals surface area contributed by atoms with E-state index in [0.717, 1.165) is 28.2 Å². The number of benzene rings is 3. The molecule has 3 aliphatic rings. The van der Waals surface area contributed by atoms with Gasteiger partial charge < -0.3 is 40.0 Å². The van der Waals surface area contributed by atoms with Crippen molar-refractivity contribution in [1.82, 2.24) is 20.9 Å². The van der Waals surface area contributed by atoms with Crippen molar-refractivity contribution in [2.24, 2.45) is 5.41 Å². The number of halogens is 3. The van der Waals surface area contributed by atoms with Crippen molar-refractivity contribution in [1.29, 1.82) is 5.26 Å². The van der Waals surface area contributed by atoms with E-state index in [1.165, 1.54) is 6.07 Å². The fraction of sp³-hybridized carbons (Fsp3) is 0.489. The van der Waals surface area contributed by atoms with Crippen molar-refractivity contribution in [3.8, 4) is 11.8 Å². The van der Waals surface area contributed by atoms with Gasteiger partial charge in [0.2, 0.25) is 17.7 Å². The van der Waals surface area contributed by atoms with Crippen molar-refractivity contribution < 1.29 is 46.6 Å². The van der Waals surface area contributed by atoms with Crippen LogP contribution in [-0.4, -0.2) is 103 Å². The number of hydrogen-bond donors (Lipinski definition) is 3. The van der Waals surface area contributed by atoms with E-state index in [9.17, 15) is 37.6 Å². The maximum Gasteiger partial charge on any atom is 0.417 e. The first-order valence-electron chi connectivity index (χ1n) is 21.6. The Labute approximate surface area is 382 Å². The summed E-state index contributed by atoms with van der Waals surface area (Å²) in [4.78, 5) is 58.6. The number of nitrogens with one attached hydrogen (secondary N) is 3. The minimum Gasteiger partial charge on any atom is -0.491 e. The van der Waals surface area contributed by atoms with Gasteiger partial charge in [-0.1, -0.05) is 45.0 Å². The van der Waals surface area contributed by atoms with Crippen molar-refractivity contribution in [3.63, 3.8) is 0 Å². The Kier molecular flexibility index (Phi) is 14.9. The van der Waals surface area contributed by atoms with Crippen LogP contribution in [0.4, 0.5) is 24.5 Å². The molecule has 2 saturated heterocycles. The highest BCUT2D eigenvalue weighted by Gasteiger charge is 2.51. The van der Waals surface area contributed by atoms with Crippen LogP contribution in [0.3, 0.4) is 0 Å². The lowest BCUT2D eigenvalue weighted by Gasteiger charge is -2.36. The van der Waals surface area contributed by atoms with Crippen LogP contribution in [0.2, 0.25) is 0 Å². The summed E-state index contributed by atoms with van der Waals surface area (Å²) in [5.41, 5.74) is -1.12. The predicted octanol–water partition coefficient (Wildman–Crippen LogP) is 5.82. The average molecular weight is 920 g/mol. The van der Waals surface area contributed by atoms with Crippen LogP contribution < -0.4 is 30.5 Å². The molecule has 2 fully saturated rings. The molecular weight excluding hydrogens is 864 g/mol. The number of ether oxygens (including phenoxy) is 3. The van der Waals surface area contributed by atoms with Gasteiger partial charge in [0.15, 0.2) is 5.11 Å². The Hall–Kier alpha value is -5.61. The van der Waals surface area contributed by atoms with Gasteiger partial charge in [-0.15, -0.1) is 0 Å². The number of thiocarbonyl (C=S) groups is 1. The maximum atomic E-state index is 14.0. The third-order valence-corrected chi connectivity index (χ3v) is 12.4. The lowest BCUT2D eigenvalue weighted by Crippen LogP contribution is -2.59. The molecule has 5 atom stereocenters. The summed E-state index contributed by atoms with van der Waals surface area (Å²) in [5, 5.41) is 18.2. The Morgan fingerprint density at radius 3 is 2.32 bits per heavy atom. The molecule has 0 radical (unpaired) electrons. The molecule has 0 bridgehead atoms. The van der Waals surface area contributed by atoms with Crippen LogP contribution in [0.1, 0.15) is 82.7 Å². The minimum atomic E-state index is -4.81. The molecule has 65 heavy (non-hydrogen) atoms. The van der Waals surface area contributed by atoms with Gasteiger partial charge in [0.05, 0.1) is 60.9 Å². The first-order chi connectivity index (χ1) is 30.7. The number of fused-ring (bicyclic) bond motifs is 1. The second kappa shape index (κ2) is 19.9. The van der Waals surface area contributed by atoms with E-state index < -0.39 is 58.3 Å². The highest BCUT2D eigenvalue weighted by Crippen LogP contribution is 2.40. The third kappa shape index (κ3) is 10.6. The van der Waals surface area contributed by atoms with Gasteiger partial charge in [0.1, 0.15) is 30.0 Å². The van der Waals surface area contributed by atoms with E-state index in [2.05, 4.69) is 16.0 Å². The predicted molar refractivity (Wildman–Crippen MR) is 241 cm³/mol. The quantitative estimate of drug-likeness (QED) is 0.117. The summed E-state index contributed by atoms with van der Waals surface area (Å²) in [6.45, 7) is 12.0.